The minimum atomic E-state index is -0.707. The van der Waals surface area contributed by atoms with Crippen molar-refractivity contribution in [2.45, 2.75) is 38.5 Å². The van der Waals surface area contributed by atoms with Crippen LogP contribution in [0.25, 0.3) is 22.5 Å². The second-order valence-corrected chi connectivity index (χ2v) is 9.00. The summed E-state index contributed by atoms with van der Waals surface area (Å²) in [6.07, 6.45) is 0. The van der Waals surface area contributed by atoms with Crippen LogP contribution >= 0.6 is 0 Å². The van der Waals surface area contributed by atoms with Crippen molar-refractivity contribution in [1.82, 2.24) is 15.0 Å². The maximum absolute atomic E-state index is 14.8. The summed E-state index contributed by atoms with van der Waals surface area (Å²) in [5.74, 6) is -1.41. The molecule has 4 heterocycles. The van der Waals surface area contributed by atoms with E-state index >= 15 is 0 Å². The third-order valence-electron chi connectivity index (χ3n) is 6.19. The molecule has 0 unspecified atom stereocenters. The van der Waals surface area contributed by atoms with Gasteiger partial charge in [-0.05, 0) is 12.1 Å². The summed E-state index contributed by atoms with van der Waals surface area (Å²) in [6.45, 7) is 8.16. The first-order chi connectivity index (χ1) is 14.7. The Morgan fingerprint density at radius 2 is 1.16 bits per heavy atom. The van der Waals surface area contributed by atoms with Crippen molar-refractivity contribution in [3.05, 3.63) is 95.1 Å². The van der Waals surface area contributed by atoms with E-state index in [0.717, 1.165) is 28.8 Å². The van der Waals surface area contributed by atoms with E-state index in [0.29, 0.717) is 11.4 Å². The average Bonchev–Trinajstić information content (AvgIpc) is 3.26. The van der Waals surface area contributed by atoms with E-state index in [4.69, 9.17) is 15.0 Å². The largest absolute Gasteiger partial charge is 2.00 e. The number of hydrogen-bond donors (Lipinski definition) is 0. The van der Waals surface area contributed by atoms with Crippen LogP contribution in [0.4, 0.5) is 8.78 Å². The summed E-state index contributed by atoms with van der Waals surface area (Å²) in [4.78, 5) is 14.4. The van der Waals surface area contributed by atoms with Gasteiger partial charge in [-0.15, -0.1) is 17.5 Å². The maximum Gasteiger partial charge on any atom is 2.00 e. The van der Waals surface area contributed by atoms with Crippen LogP contribution in [-0.4, -0.2) is 9.97 Å². The topological polar surface area (TPSA) is 39.9 Å². The first-order valence-electron chi connectivity index (χ1n) is 10.2. The molecule has 3 nitrogen and oxygen atoms in total. The number of hydrogen-bond acceptors (Lipinski definition) is 2. The van der Waals surface area contributed by atoms with Gasteiger partial charge in [0.05, 0.1) is 11.6 Å². The van der Waals surface area contributed by atoms with Gasteiger partial charge < -0.3 is 4.98 Å². The van der Waals surface area contributed by atoms with E-state index in [2.05, 4.69) is 6.07 Å². The Labute approximate surface area is 200 Å². The molecule has 0 amide bonds. The molecule has 6 heteroatoms. The number of halogens is 2. The number of benzene rings is 1. The predicted molar refractivity (Wildman–Crippen MR) is 116 cm³/mol. The smallest absolute Gasteiger partial charge is 0.663 e. The average molecular weight is 609 g/mol. The molecule has 4 aromatic rings. The Kier molecular flexibility index (Phi) is 5.45. The summed E-state index contributed by atoms with van der Waals surface area (Å²) in [6, 6.07) is 18.7. The first kappa shape index (κ1) is 22.5. The van der Waals surface area contributed by atoms with Crippen molar-refractivity contribution >= 4 is 0 Å². The molecule has 5 rings (SSSR count). The third kappa shape index (κ3) is 3.43. The molecule has 0 spiro atoms. The molecule has 1 aliphatic rings. The molecule has 1 aliphatic heterocycles. The Hall–Kier alpha value is -2.65. The SMILES string of the molecule is CC1(C)c2cccc(n2)-c2[c-]c(c(F)cc2F)-c2cccc(n2)C(C)(C)c2ccc1[n-]2.[Pt+2]. The molecule has 0 atom stereocenters. The second kappa shape index (κ2) is 7.74. The predicted octanol–water partition coefficient (Wildman–Crippen LogP) is 5.81. The van der Waals surface area contributed by atoms with E-state index in [1.807, 2.05) is 64.1 Å². The Bertz CT molecular complexity index is 1230. The molecule has 0 radical (unpaired) electrons. The minimum absolute atomic E-state index is 0. The number of rotatable bonds is 0. The van der Waals surface area contributed by atoms with Crippen molar-refractivity contribution in [3.63, 3.8) is 0 Å². The molecule has 3 aromatic heterocycles. The molecule has 0 fully saturated rings. The van der Waals surface area contributed by atoms with Crippen LogP contribution in [0, 0.1) is 17.7 Å². The summed E-state index contributed by atoms with van der Waals surface area (Å²) in [5.41, 5.74) is 3.25. The van der Waals surface area contributed by atoms with Crippen molar-refractivity contribution in [2.24, 2.45) is 0 Å². The molecule has 8 bridgehead atoms. The fourth-order valence-corrected chi connectivity index (χ4v) is 4.04. The summed E-state index contributed by atoms with van der Waals surface area (Å²) in [5, 5.41) is 0. The minimum Gasteiger partial charge on any atom is -0.663 e. The first-order valence-corrected chi connectivity index (χ1v) is 10.2. The van der Waals surface area contributed by atoms with E-state index in [1.54, 1.807) is 12.1 Å². The van der Waals surface area contributed by atoms with Crippen molar-refractivity contribution in [3.8, 4) is 22.5 Å². The molecular formula is C26H21F2N3Pt. The molecule has 0 saturated carbocycles. The molecule has 0 aliphatic carbocycles. The third-order valence-corrected chi connectivity index (χ3v) is 6.19. The van der Waals surface area contributed by atoms with Crippen molar-refractivity contribution in [1.29, 1.82) is 0 Å². The Morgan fingerprint density at radius 1 is 0.719 bits per heavy atom. The van der Waals surface area contributed by atoms with Crippen LogP contribution in [0.3, 0.4) is 0 Å². The zero-order valence-electron chi connectivity index (χ0n) is 18.1. The number of pyridine rings is 2. The van der Waals surface area contributed by atoms with Crippen LogP contribution in [0.15, 0.2) is 54.6 Å². The van der Waals surface area contributed by atoms with Crippen LogP contribution in [0.2, 0.25) is 0 Å². The van der Waals surface area contributed by atoms with Gasteiger partial charge in [-0.1, -0.05) is 81.3 Å². The molecule has 0 N–H and O–H groups in total. The maximum atomic E-state index is 14.8. The van der Waals surface area contributed by atoms with E-state index in [1.165, 1.54) is 0 Å². The summed E-state index contributed by atoms with van der Waals surface area (Å²) >= 11 is 0. The van der Waals surface area contributed by atoms with Crippen LogP contribution in [0.1, 0.15) is 50.5 Å². The quantitative estimate of drug-likeness (QED) is 0.237. The molecular weight excluding hydrogens is 587 g/mol. The van der Waals surface area contributed by atoms with Gasteiger partial charge in [-0.2, -0.15) is 0 Å². The summed E-state index contributed by atoms with van der Waals surface area (Å²) < 4.78 is 29.6. The fourth-order valence-electron chi connectivity index (χ4n) is 4.04. The fraction of sp³-hybridized carbons (Fsp3) is 0.231. The molecule has 1 aromatic carbocycles. The molecule has 164 valence electrons. The van der Waals surface area contributed by atoms with Crippen molar-refractivity contribution < 1.29 is 29.8 Å². The van der Waals surface area contributed by atoms with E-state index < -0.39 is 22.5 Å². The van der Waals surface area contributed by atoms with Gasteiger partial charge >= 0.3 is 21.1 Å². The normalized spacial score (nSPS) is 15.4. The van der Waals surface area contributed by atoms with Gasteiger partial charge in [0, 0.05) is 33.6 Å². The van der Waals surface area contributed by atoms with Gasteiger partial charge in [0.1, 0.15) is 0 Å². The Morgan fingerprint density at radius 3 is 1.59 bits per heavy atom. The molecule has 32 heavy (non-hydrogen) atoms. The zero-order chi connectivity index (χ0) is 22.0. The van der Waals surface area contributed by atoms with Crippen LogP contribution in [-0.2, 0) is 31.9 Å². The van der Waals surface area contributed by atoms with Gasteiger partial charge in [0.15, 0.2) is 0 Å². The number of fused-ring (bicyclic) bond motifs is 10. The number of aromatic nitrogens is 3. The number of nitrogens with zero attached hydrogens (tertiary/aromatic N) is 3. The zero-order valence-corrected chi connectivity index (χ0v) is 20.4. The Balaban J connectivity index is 0.00000245. The monoisotopic (exact) mass is 608 g/mol. The molecule has 0 saturated heterocycles. The van der Waals surface area contributed by atoms with E-state index in [-0.39, 0.29) is 32.2 Å². The van der Waals surface area contributed by atoms with Crippen LogP contribution < -0.4 is 4.98 Å². The van der Waals surface area contributed by atoms with Gasteiger partial charge in [-0.3, -0.25) is 18.7 Å². The van der Waals surface area contributed by atoms with Gasteiger partial charge in [0.2, 0.25) is 0 Å². The van der Waals surface area contributed by atoms with Crippen LogP contribution in [0.5, 0.6) is 0 Å². The second-order valence-electron chi connectivity index (χ2n) is 9.00. The van der Waals surface area contributed by atoms with Gasteiger partial charge in [0.25, 0.3) is 0 Å². The van der Waals surface area contributed by atoms with Gasteiger partial charge in [-0.25, -0.2) is 0 Å². The summed E-state index contributed by atoms with van der Waals surface area (Å²) in [7, 11) is 0. The van der Waals surface area contributed by atoms with E-state index in [9.17, 15) is 8.78 Å². The standard InChI is InChI=1S/C26H21F2N3.Pt/c1-25(2)21-9-5-7-19(29-21)15-13-16(18(28)14-17(15)27)20-8-6-10-22(30-20)26(3,4)24-12-11-23(25)31-24;/h5-12,14H,1-4H3;/q-2;+2. The van der Waals surface area contributed by atoms with Crippen molar-refractivity contribution in [2.75, 3.05) is 0 Å².